The number of ether oxygens (including phenoxy) is 2. The van der Waals surface area contributed by atoms with Crippen molar-refractivity contribution in [2.45, 2.75) is 11.3 Å². The summed E-state index contributed by atoms with van der Waals surface area (Å²) >= 11 is 0.860. The number of hydrogen-bond donors (Lipinski definition) is 1. The maximum Gasteiger partial charge on any atom is 0.417 e. The molecule has 32 heavy (non-hydrogen) atoms. The van der Waals surface area contributed by atoms with Gasteiger partial charge in [0.05, 0.1) is 36.7 Å². The van der Waals surface area contributed by atoms with Crippen LogP contribution in [0.15, 0.2) is 41.7 Å². The van der Waals surface area contributed by atoms with Gasteiger partial charge in [-0.05, 0) is 30.3 Å². The molecule has 2 heterocycles. The van der Waals surface area contributed by atoms with E-state index in [1.165, 1.54) is 24.3 Å². The molecule has 13 heteroatoms. The van der Waals surface area contributed by atoms with Crippen LogP contribution in [0.25, 0.3) is 5.65 Å². The average molecular weight is 468 g/mol. The Morgan fingerprint density at radius 2 is 1.66 bits per heavy atom. The zero-order valence-electron chi connectivity index (χ0n) is 16.6. The van der Waals surface area contributed by atoms with E-state index in [2.05, 4.69) is 25.0 Å². The Bertz CT molecular complexity index is 1160. The zero-order valence-corrected chi connectivity index (χ0v) is 17.4. The fourth-order valence-corrected chi connectivity index (χ4v) is 3.35. The average Bonchev–Trinajstić information content (AvgIpc) is 3.18. The lowest BCUT2D eigenvalue weighted by Crippen LogP contribution is -2.16. The number of halogens is 3. The predicted octanol–water partition coefficient (Wildman–Crippen LogP) is 3.05. The number of nitrogens with zero attached hydrogens (tertiary/aromatic N) is 3. The van der Waals surface area contributed by atoms with E-state index in [4.69, 9.17) is 0 Å². The van der Waals surface area contributed by atoms with E-state index in [1.807, 2.05) is 0 Å². The number of carbonyl (C=O) groups is 3. The van der Waals surface area contributed by atoms with Gasteiger partial charge in [0.1, 0.15) is 0 Å². The van der Waals surface area contributed by atoms with Gasteiger partial charge in [-0.15, -0.1) is 10.2 Å². The van der Waals surface area contributed by atoms with Crippen LogP contribution in [0.4, 0.5) is 18.9 Å². The lowest BCUT2D eigenvalue weighted by Gasteiger charge is -2.09. The second-order valence-corrected chi connectivity index (χ2v) is 7.19. The maximum atomic E-state index is 12.9. The second kappa shape index (κ2) is 9.26. The number of anilines is 1. The number of carbonyl (C=O) groups excluding carboxylic acids is 3. The van der Waals surface area contributed by atoms with Crippen molar-refractivity contribution in [3.05, 3.63) is 53.2 Å². The van der Waals surface area contributed by atoms with Crippen LogP contribution in [0.1, 0.15) is 26.3 Å². The molecule has 0 saturated carbocycles. The Kier molecular flexibility index (Phi) is 6.67. The van der Waals surface area contributed by atoms with Gasteiger partial charge in [0.15, 0.2) is 10.8 Å². The van der Waals surface area contributed by atoms with Crippen LogP contribution in [0.5, 0.6) is 0 Å². The van der Waals surface area contributed by atoms with Gasteiger partial charge in [-0.3, -0.25) is 9.20 Å². The molecule has 0 bridgehead atoms. The number of aromatic nitrogens is 3. The third kappa shape index (κ3) is 5.17. The Hall–Kier alpha value is -3.61. The van der Waals surface area contributed by atoms with Crippen molar-refractivity contribution in [1.82, 2.24) is 14.6 Å². The molecule has 0 aliphatic rings. The van der Waals surface area contributed by atoms with Gasteiger partial charge >= 0.3 is 18.1 Å². The number of esters is 2. The van der Waals surface area contributed by atoms with Gasteiger partial charge < -0.3 is 14.8 Å². The van der Waals surface area contributed by atoms with Crippen LogP contribution in [0.3, 0.4) is 0 Å². The van der Waals surface area contributed by atoms with Crippen LogP contribution in [0.2, 0.25) is 0 Å². The Morgan fingerprint density at radius 3 is 2.22 bits per heavy atom. The number of fused-ring (bicyclic) bond motifs is 1. The highest BCUT2D eigenvalue weighted by Gasteiger charge is 2.31. The summed E-state index contributed by atoms with van der Waals surface area (Å²) in [5.74, 6) is -2.24. The molecule has 0 radical (unpaired) electrons. The summed E-state index contributed by atoms with van der Waals surface area (Å²) in [6.45, 7) is 0. The van der Waals surface area contributed by atoms with E-state index in [0.29, 0.717) is 0 Å². The van der Waals surface area contributed by atoms with Crippen LogP contribution < -0.4 is 5.32 Å². The monoisotopic (exact) mass is 468 g/mol. The third-order valence-corrected chi connectivity index (χ3v) is 5.03. The molecule has 9 nitrogen and oxygen atoms in total. The van der Waals surface area contributed by atoms with Crippen LogP contribution in [0, 0.1) is 0 Å². The number of rotatable bonds is 6. The Labute approximate surface area is 182 Å². The van der Waals surface area contributed by atoms with Crippen molar-refractivity contribution in [3.8, 4) is 0 Å². The van der Waals surface area contributed by atoms with E-state index in [9.17, 15) is 27.6 Å². The SMILES string of the molecule is COC(=O)c1cc(NC(=O)CSc2nnc3ccc(C(F)(F)F)cn23)cc(C(=O)OC)c1. The lowest BCUT2D eigenvalue weighted by molar-refractivity contribution is -0.137. The predicted molar refractivity (Wildman–Crippen MR) is 106 cm³/mol. The molecule has 3 rings (SSSR count). The first-order valence-corrected chi connectivity index (χ1v) is 9.77. The quantitative estimate of drug-likeness (QED) is 0.434. The van der Waals surface area contributed by atoms with Gasteiger partial charge in [0.2, 0.25) is 5.91 Å². The van der Waals surface area contributed by atoms with Crippen molar-refractivity contribution < 1.29 is 37.0 Å². The highest BCUT2D eigenvalue weighted by atomic mass is 32.2. The van der Waals surface area contributed by atoms with Crippen molar-refractivity contribution in [2.75, 3.05) is 25.3 Å². The van der Waals surface area contributed by atoms with Crippen molar-refractivity contribution >= 4 is 40.9 Å². The number of methoxy groups -OCH3 is 2. The first kappa shape index (κ1) is 23.1. The zero-order chi connectivity index (χ0) is 23.5. The van der Waals surface area contributed by atoms with Gasteiger partial charge in [-0.2, -0.15) is 13.2 Å². The molecule has 0 saturated heterocycles. The molecular weight excluding hydrogens is 453 g/mol. The Balaban J connectivity index is 1.76. The smallest absolute Gasteiger partial charge is 0.417 e. The van der Waals surface area contributed by atoms with Crippen LogP contribution in [-0.2, 0) is 20.4 Å². The number of pyridine rings is 1. The van der Waals surface area contributed by atoms with E-state index in [1.54, 1.807) is 0 Å². The topological polar surface area (TPSA) is 112 Å². The van der Waals surface area contributed by atoms with Gasteiger partial charge in [0, 0.05) is 11.9 Å². The van der Waals surface area contributed by atoms with Crippen LogP contribution in [-0.4, -0.2) is 52.4 Å². The van der Waals surface area contributed by atoms with E-state index < -0.39 is 29.6 Å². The molecule has 0 fully saturated rings. The normalized spacial score (nSPS) is 11.3. The van der Waals surface area contributed by atoms with Gasteiger partial charge in [0.25, 0.3) is 0 Å². The summed E-state index contributed by atoms with van der Waals surface area (Å²) in [4.78, 5) is 36.0. The first-order valence-electron chi connectivity index (χ1n) is 8.78. The van der Waals surface area contributed by atoms with E-state index in [-0.39, 0.29) is 33.4 Å². The summed E-state index contributed by atoms with van der Waals surface area (Å²) in [5, 5.41) is 10.2. The number of nitrogens with one attached hydrogen (secondary N) is 1. The highest BCUT2D eigenvalue weighted by molar-refractivity contribution is 7.99. The largest absolute Gasteiger partial charge is 0.465 e. The molecule has 0 atom stereocenters. The molecule has 3 aromatic rings. The summed E-state index contributed by atoms with van der Waals surface area (Å²) < 4.78 is 49.2. The molecule has 1 aromatic carbocycles. The third-order valence-electron chi connectivity index (χ3n) is 4.09. The number of alkyl halides is 3. The minimum absolute atomic E-state index is 0.0153. The summed E-state index contributed by atoms with van der Waals surface area (Å²) in [5.41, 5.74) is -0.534. The molecular formula is C19H15F3N4O5S. The highest BCUT2D eigenvalue weighted by Crippen LogP contribution is 2.30. The van der Waals surface area contributed by atoms with Crippen molar-refractivity contribution in [1.29, 1.82) is 0 Å². The molecule has 1 N–H and O–H groups in total. The molecule has 1 amide bonds. The van der Waals surface area contributed by atoms with Crippen LogP contribution >= 0.6 is 11.8 Å². The maximum absolute atomic E-state index is 12.9. The first-order chi connectivity index (χ1) is 15.1. The molecule has 168 valence electrons. The Morgan fingerprint density at radius 1 is 1.03 bits per heavy atom. The van der Waals surface area contributed by atoms with Gasteiger partial charge in [-0.1, -0.05) is 11.8 Å². The van der Waals surface area contributed by atoms with Gasteiger partial charge in [-0.25, -0.2) is 9.59 Å². The molecule has 0 aliphatic carbocycles. The minimum atomic E-state index is -4.54. The molecule has 0 aliphatic heterocycles. The number of hydrogen-bond acceptors (Lipinski definition) is 8. The lowest BCUT2D eigenvalue weighted by atomic mass is 10.1. The molecule has 0 spiro atoms. The minimum Gasteiger partial charge on any atom is -0.465 e. The number of amides is 1. The van der Waals surface area contributed by atoms with Crippen molar-refractivity contribution in [2.24, 2.45) is 0 Å². The summed E-state index contributed by atoms with van der Waals surface area (Å²) in [6, 6.07) is 5.93. The number of benzene rings is 1. The number of thioether (sulfide) groups is 1. The fourth-order valence-electron chi connectivity index (χ4n) is 2.63. The fraction of sp³-hybridized carbons (Fsp3) is 0.211. The molecule has 2 aromatic heterocycles. The van der Waals surface area contributed by atoms with Crippen molar-refractivity contribution in [3.63, 3.8) is 0 Å². The summed E-state index contributed by atoms with van der Waals surface area (Å²) in [7, 11) is 2.32. The summed E-state index contributed by atoms with van der Waals surface area (Å²) in [6.07, 6.45) is -3.70. The molecule has 0 unspecified atom stereocenters. The second-order valence-electron chi connectivity index (χ2n) is 6.25. The van der Waals surface area contributed by atoms with E-state index in [0.717, 1.165) is 42.6 Å². The van der Waals surface area contributed by atoms with E-state index >= 15 is 0 Å². The standard InChI is InChI=1S/C19H15F3N4O5S/c1-30-16(28)10-5-11(17(29)31-2)7-13(6-10)23-15(27)9-32-18-25-24-14-4-3-12(8-26(14)18)19(20,21)22/h3-8H,9H2,1-2H3,(H,23,27).